The number of nitrogens with one attached hydrogen (secondary N) is 1. The predicted molar refractivity (Wildman–Crippen MR) is 111 cm³/mol. The molecule has 9 heteroatoms. The van der Waals surface area contributed by atoms with E-state index in [-0.39, 0.29) is 17.7 Å². The van der Waals surface area contributed by atoms with Gasteiger partial charge in [-0.3, -0.25) is 14.5 Å². The molecule has 0 spiro atoms. The van der Waals surface area contributed by atoms with Crippen molar-refractivity contribution in [1.29, 1.82) is 0 Å². The van der Waals surface area contributed by atoms with Crippen LogP contribution in [-0.4, -0.2) is 61.4 Å². The zero-order valence-electron chi connectivity index (χ0n) is 16.8. The molecule has 2 amide bonds. The molecule has 0 saturated carbocycles. The number of nitrogens with two attached hydrogens (primary N) is 1. The summed E-state index contributed by atoms with van der Waals surface area (Å²) in [4.78, 5) is 26.3. The quantitative estimate of drug-likeness (QED) is 0.714. The molecule has 0 bridgehead atoms. The fraction of sp³-hybridized carbons (Fsp3) is 0.600. The number of benzene rings is 1. The van der Waals surface area contributed by atoms with Gasteiger partial charge in [0.1, 0.15) is 6.04 Å². The van der Waals surface area contributed by atoms with E-state index in [1.165, 1.54) is 4.31 Å². The fourth-order valence-corrected chi connectivity index (χ4v) is 5.30. The maximum atomic E-state index is 12.7. The van der Waals surface area contributed by atoms with Crippen LogP contribution >= 0.6 is 0 Å². The second-order valence-corrected chi connectivity index (χ2v) is 9.98. The molecule has 3 N–H and O–H groups in total. The maximum absolute atomic E-state index is 12.7. The minimum Gasteiger partial charge on any atom is -0.369 e. The molecule has 0 radical (unpaired) electrons. The zero-order chi connectivity index (χ0) is 21.0. The summed E-state index contributed by atoms with van der Waals surface area (Å²) in [5.41, 5.74) is 7.17. The Labute approximate surface area is 172 Å². The van der Waals surface area contributed by atoms with Gasteiger partial charge in [0, 0.05) is 25.3 Å². The van der Waals surface area contributed by atoms with Crippen molar-refractivity contribution in [3.8, 4) is 0 Å². The summed E-state index contributed by atoms with van der Waals surface area (Å²) < 4.78 is 25.2. The summed E-state index contributed by atoms with van der Waals surface area (Å²) >= 11 is 0. The van der Waals surface area contributed by atoms with Crippen LogP contribution in [0.3, 0.4) is 0 Å². The van der Waals surface area contributed by atoms with E-state index < -0.39 is 16.1 Å². The highest BCUT2D eigenvalue weighted by Gasteiger charge is 2.34. The highest BCUT2D eigenvalue weighted by molar-refractivity contribution is 7.88. The molecule has 2 unspecified atom stereocenters. The van der Waals surface area contributed by atoms with Gasteiger partial charge < -0.3 is 11.1 Å². The SMILES string of the molecule is CS(=O)(=O)N1CCCCC1C(=O)Nc1ccc(CN2CCCC(C(N)=O)C2)cc1. The number of amides is 2. The number of anilines is 1. The standard InChI is InChI=1S/C20H30N4O4S/c1-29(27,28)24-12-3-2-6-18(24)20(26)22-17-9-7-15(8-10-17)13-23-11-4-5-16(14-23)19(21)25/h7-10,16,18H,2-6,11-14H2,1H3,(H2,21,25)(H,22,26). The molecule has 8 nitrogen and oxygen atoms in total. The van der Waals surface area contributed by atoms with Crippen molar-refractivity contribution in [2.75, 3.05) is 31.2 Å². The molecule has 3 rings (SSSR count). The van der Waals surface area contributed by atoms with Crippen LogP contribution in [-0.2, 0) is 26.2 Å². The molecule has 0 aliphatic carbocycles. The van der Waals surface area contributed by atoms with Gasteiger partial charge in [0.25, 0.3) is 0 Å². The van der Waals surface area contributed by atoms with Gasteiger partial charge in [-0.1, -0.05) is 18.6 Å². The Bertz CT molecular complexity index is 841. The summed E-state index contributed by atoms with van der Waals surface area (Å²) in [6.07, 6.45) is 5.11. The molecular formula is C20H30N4O4S. The number of sulfonamides is 1. The smallest absolute Gasteiger partial charge is 0.242 e. The number of carbonyl (C=O) groups excluding carboxylic acids is 2. The molecule has 2 atom stereocenters. The molecule has 1 aromatic carbocycles. The van der Waals surface area contributed by atoms with Gasteiger partial charge in [-0.15, -0.1) is 0 Å². The second-order valence-electron chi connectivity index (χ2n) is 8.05. The van der Waals surface area contributed by atoms with E-state index in [2.05, 4.69) is 10.2 Å². The van der Waals surface area contributed by atoms with Crippen LogP contribution < -0.4 is 11.1 Å². The summed E-state index contributed by atoms with van der Waals surface area (Å²) in [7, 11) is -3.41. The van der Waals surface area contributed by atoms with Crippen LogP contribution in [0, 0.1) is 5.92 Å². The summed E-state index contributed by atoms with van der Waals surface area (Å²) in [6.45, 7) is 2.72. The van der Waals surface area contributed by atoms with Gasteiger partial charge in [0.05, 0.1) is 12.2 Å². The van der Waals surface area contributed by atoms with E-state index in [4.69, 9.17) is 5.73 Å². The van der Waals surface area contributed by atoms with E-state index in [1.54, 1.807) is 0 Å². The number of carbonyl (C=O) groups is 2. The Hall–Kier alpha value is -1.97. The van der Waals surface area contributed by atoms with Crippen molar-refractivity contribution in [3.63, 3.8) is 0 Å². The van der Waals surface area contributed by atoms with Gasteiger partial charge in [-0.05, 0) is 49.9 Å². The van der Waals surface area contributed by atoms with E-state index in [9.17, 15) is 18.0 Å². The topological polar surface area (TPSA) is 113 Å². The largest absolute Gasteiger partial charge is 0.369 e. The zero-order valence-corrected chi connectivity index (χ0v) is 17.7. The van der Waals surface area contributed by atoms with Crippen LogP contribution in [0.5, 0.6) is 0 Å². The first kappa shape index (κ1) is 21.7. The molecule has 29 heavy (non-hydrogen) atoms. The van der Waals surface area contributed by atoms with Crippen LogP contribution in [0.15, 0.2) is 24.3 Å². The Morgan fingerprint density at radius 2 is 1.83 bits per heavy atom. The number of hydrogen-bond donors (Lipinski definition) is 2. The van der Waals surface area contributed by atoms with Crippen LogP contribution in [0.2, 0.25) is 0 Å². The van der Waals surface area contributed by atoms with E-state index in [0.717, 1.165) is 50.6 Å². The van der Waals surface area contributed by atoms with Crippen LogP contribution in [0.25, 0.3) is 0 Å². The number of nitrogens with zero attached hydrogens (tertiary/aromatic N) is 2. The molecule has 2 heterocycles. The molecule has 2 saturated heterocycles. The lowest BCUT2D eigenvalue weighted by Crippen LogP contribution is -2.49. The minimum atomic E-state index is -3.41. The summed E-state index contributed by atoms with van der Waals surface area (Å²) in [5.74, 6) is -0.614. The number of piperidine rings is 2. The lowest BCUT2D eigenvalue weighted by Gasteiger charge is -2.32. The highest BCUT2D eigenvalue weighted by Crippen LogP contribution is 2.22. The normalized spacial score (nSPS) is 24.2. The maximum Gasteiger partial charge on any atom is 0.242 e. The molecule has 0 aromatic heterocycles. The van der Waals surface area contributed by atoms with Crippen molar-refractivity contribution in [2.45, 2.75) is 44.7 Å². The lowest BCUT2D eigenvalue weighted by atomic mass is 9.97. The minimum absolute atomic E-state index is 0.0874. The summed E-state index contributed by atoms with van der Waals surface area (Å²) in [5, 5.41) is 2.85. The first-order valence-electron chi connectivity index (χ1n) is 10.1. The Kier molecular flexibility index (Phi) is 6.92. The third-order valence-corrected chi connectivity index (χ3v) is 7.01. The van der Waals surface area contributed by atoms with Crippen molar-refractivity contribution in [3.05, 3.63) is 29.8 Å². The molecule has 2 aliphatic rings. The third kappa shape index (κ3) is 5.77. The molecular weight excluding hydrogens is 392 g/mol. The van der Waals surface area contributed by atoms with E-state index in [0.29, 0.717) is 25.2 Å². The van der Waals surface area contributed by atoms with E-state index in [1.807, 2.05) is 24.3 Å². The Morgan fingerprint density at radius 3 is 2.48 bits per heavy atom. The number of hydrogen-bond acceptors (Lipinski definition) is 5. The van der Waals surface area contributed by atoms with Crippen molar-refractivity contribution in [2.24, 2.45) is 11.7 Å². The molecule has 1 aromatic rings. The monoisotopic (exact) mass is 422 g/mol. The van der Waals surface area contributed by atoms with Crippen LogP contribution in [0.4, 0.5) is 5.69 Å². The van der Waals surface area contributed by atoms with Crippen molar-refractivity contribution in [1.82, 2.24) is 9.21 Å². The number of rotatable bonds is 6. The third-order valence-electron chi connectivity index (χ3n) is 5.72. The first-order chi connectivity index (χ1) is 13.7. The van der Waals surface area contributed by atoms with Gasteiger partial charge >= 0.3 is 0 Å². The molecule has 2 aliphatic heterocycles. The summed E-state index contributed by atoms with van der Waals surface area (Å²) in [6, 6.07) is 6.89. The van der Waals surface area contributed by atoms with Crippen LogP contribution in [0.1, 0.15) is 37.7 Å². The lowest BCUT2D eigenvalue weighted by molar-refractivity contribution is -0.123. The average molecular weight is 423 g/mol. The Balaban J connectivity index is 1.58. The Morgan fingerprint density at radius 1 is 1.10 bits per heavy atom. The highest BCUT2D eigenvalue weighted by atomic mass is 32.2. The van der Waals surface area contributed by atoms with Gasteiger partial charge in [-0.2, -0.15) is 4.31 Å². The fourth-order valence-electron chi connectivity index (χ4n) is 4.17. The molecule has 2 fully saturated rings. The second kappa shape index (κ2) is 9.23. The molecule has 160 valence electrons. The van der Waals surface area contributed by atoms with Gasteiger partial charge in [0.15, 0.2) is 0 Å². The first-order valence-corrected chi connectivity index (χ1v) is 12.0. The predicted octanol–water partition coefficient (Wildman–Crippen LogP) is 1.14. The van der Waals surface area contributed by atoms with E-state index >= 15 is 0 Å². The van der Waals surface area contributed by atoms with Gasteiger partial charge in [0.2, 0.25) is 21.8 Å². The van der Waals surface area contributed by atoms with Gasteiger partial charge in [-0.25, -0.2) is 8.42 Å². The number of likely N-dealkylation sites (tertiary alicyclic amines) is 1. The van der Waals surface area contributed by atoms with Crippen molar-refractivity contribution >= 4 is 27.5 Å². The number of primary amides is 1. The average Bonchev–Trinajstić information content (AvgIpc) is 2.69. The van der Waals surface area contributed by atoms with Crippen molar-refractivity contribution < 1.29 is 18.0 Å².